The van der Waals surface area contributed by atoms with E-state index in [4.69, 9.17) is 5.26 Å². The largest absolute Gasteiger partial charge is 0.357 e. The summed E-state index contributed by atoms with van der Waals surface area (Å²) in [5.74, 6) is 1.03. The van der Waals surface area contributed by atoms with E-state index in [2.05, 4.69) is 34.4 Å². The molecule has 1 aromatic carbocycles. The maximum absolute atomic E-state index is 14.0. The number of rotatable bonds is 6. The average Bonchev–Trinajstić information content (AvgIpc) is 2.61. The highest BCUT2D eigenvalue weighted by molar-refractivity contribution is 5.80. The molecule has 26 heavy (non-hydrogen) atoms. The Balaban J connectivity index is 1.92. The molecule has 1 saturated heterocycles. The zero-order chi connectivity index (χ0) is 18.9. The predicted octanol–water partition coefficient (Wildman–Crippen LogP) is 2.87. The Labute approximate surface area is 156 Å². The number of benzene rings is 1. The minimum Gasteiger partial charge on any atom is -0.357 e. The second-order valence-electron chi connectivity index (χ2n) is 7.23. The van der Waals surface area contributed by atoms with Crippen LogP contribution in [0.5, 0.6) is 0 Å². The lowest BCUT2D eigenvalue weighted by molar-refractivity contribution is 0.187. The predicted molar refractivity (Wildman–Crippen MR) is 103 cm³/mol. The van der Waals surface area contributed by atoms with Crippen molar-refractivity contribution in [3.05, 3.63) is 35.1 Å². The number of nitrogens with zero attached hydrogens (tertiary/aromatic N) is 3. The van der Waals surface area contributed by atoms with E-state index in [1.54, 1.807) is 12.1 Å². The molecule has 5 nitrogen and oxygen atoms in total. The van der Waals surface area contributed by atoms with Crippen LogP contribution in [0.15, 0.2) is 23.2 Å². The van der Waals surface area contributed by atoms with E-state index in [9.17, 15) is 4.39 Å². The van der Waals surface area contributed by atoms with Gasteiger partial charge < -0.3 is 15.5 Å². The molecule has 0 aliphatic carbocycles. The first kappa shape index (κ1) is 20.2. The number of piperidine rings is 1. The Bertz CT molecular complexity index is 642. The van der Waals surface area contributed by atoms with Gasteiger partial charge in [0.1, 0.15) is 5.82 Å². The number of nitriles is 1. The van der Waals surface area contributed by atoms with E-state index in [1.807, 2.05) is 13.0 Å². The van der Waals surface area contributed by atoms with E-state index in [1.165, 1.54) is 6.07 Å². The number of halogens is 1. The van der Waals surface area contributed by atoms with Crippen LogP contribution in [0.2, 0.25) is 0 Å². The molecular weight excluding hydrogens is 329 g/mol. The highest BCUT2D eigenvalue weighted by atomic mass is 19.1. The summed E-state index contributed by atoms with van der Waals surface area (Å²) < 4.78 is 14.0. The van der Waals surface area contributed by atoms with E-state index >= 15 is 0 Å². The van der Waals surface area contributed by atoms with E-state index in [0.717, 1.165) is 45.0 Å². The zero-order valence-electron chi connectivity index (χ0n) is 16.1. The summed E-state index contributed by atoms with van der Waals surface area (Å²) >= 11 is 0. The number of nitrogens with one attached hydrogen (secondary N) is 2. The van der Waals surface area contributed by atoms with Gasteiger partial charge in [-0.05, 0) is 37.8 Å². The molecule has 1 fully saturated rings. The van der Waals surface area contributed by atoms with Crippen LogP contribution >= 0.6 is 0 Å². The molecule has 0 unspecified atom stereocenters. The van der Waals surface area contributed by atoms with Gasteiger partial charge in [-0.3, -0.25) is 0 Å². The molecule has 0 atom stereocenters. The molecule has 0 radical (unpaired) electrons. The molecule has 1 aromatic rings. The van der Waals surface area contributed by atoms with E-state index < -0.39 is 0 Å². The van der Waals surface area contributed by atoms with Gasteiger partial charge in [0.05, 0.1) is 18.2 Å². The van der Waals surface area contributed by atoms with Crippen LogP contribution in [0.25, 0.3) is 0 Å². The molecule has 0 spiro atoms. The van der Waals surface area contributed by atoms with Gasteiger partial charge in [0.25, 0.3) is 0 Å². The van der Waals surface area contributed by atoms with Crippen molar-refractivity contribution in [1.29, 1.82) is 5.26 Å². The first-order valence-corrected chi connectivity index (χ1v) is 9.47. The van der Waals surface area contributed by atoms with E-state index in [0.29, 0.717) is 23.1 Å². The normalized spacial score (nSPS) is 16.5. The van der Waals surface area contributed by atoms with Gasteiger partial charge in [-0.25, -0.2) is 9.38 Å². The third-order valence-electron chi connectivity index (χ3n) is 4.49. The number of aliphatic imine (C=N–C) groups is 1. The zero-order valence-corrected chi connectivity index (χ0v) is 16.1. The summed E-state index contributed by atoms with van der Waals surface area (Å²) in [7, 11) is 0. The highest BCUT2D eigenvalue weighted by Gasteiger charge is 2.20. The van der Waals surface area contributed by atoms with Crippen molar-refractivity contribution in [2.24, 2.45) is 10.9 Å². The van der Waals surface area contributed by atoms with Crippen molar-refractivity contribution in [2.75, 3.05) is 26.2 Å². The van der Waals surface area contributed by atoms with Crippen LogP contribution < -0.4 is 10.6 Å². The van der Waals surface area contributed by atoms with Crippen LogP contribution in [0.1, 0.15) is 44.7 Å². The second-order valence-corrected chi connectivity index (χ2v) is 7.23. The fourth-order valence-corrected chi connectivity index (χ4v) is 3.20. The van der Waals surface area contributed by atoms with Crippen molar-refractivity contribution in [3.8, 4) is 6.07 Å². The Morgan fingerprint density at radius 2 is 2.12 bits per heavy atom. The Morgan fingerprint density at radius 3 is 2.69 bits per heavy atom. The molecule has 6 heteroatoms. The molecule has 0 saturated carbocycles. The molecule has 1 heterocycles. The van der Waals surface area contributed by atoms with Gasteiger partial charge in [-0.2, -0.15) is 5.26 Å². The Hall–Kier alpha value is -2.13. The summed E-state index contributed by atoms with van der Waals surface area (Å²) in [6.45, 7) is 10.9. The Morgan fingerprint density at radius 1 is 1.38 bits per heavy atom. The molecule has 1 aliphatic heterocycles. The summed E-state index contributed by atoms with van der Waals surface area (Å²) in [5.41, 5.74) is 0.821. The van der Waals surface area contributed by atoms with Gasteiger partial charge in [0, 0.05) is 37.8 Å². The van der Waals surface area contributed by atoms with Gasteiger partial charge >= 0.3 is 0 Å². The molecule has 2 rings (SSSR count). The van der Waals surface area contributed by atoms with Crippen molar-refractivity contribution in [3.63, 3.8) is 0 Å². The van der Waals surface area contributed by atoms with Crippen LogP contribution in [0, 0.1) is 23.1 Å². The molecule has 1 aliphatic rings. The molecule has 0 amide bonds. The molecular formula is C20H30FN5. The SMILES string of the molecule is CCNC(=NCc1ccc(C#N)cc1F)NC1CCN(CC(C)C)CC1. The van der Waals surface area contributed by atoms with Crippen LogP contribution in [0.4, 0.5) is 4.39 Å². The molecule has 2 N–H and O–H groups in total. The molecule has 0 aromatic heterocycles. The first-order chi connectivity index (χ1) is 12.5. The van der Waals surface area contributed by atoms with Gasteiger partial charge in [0.2, 0.25) is 0 Å². The van der Waals surface area contributed by atoms with Crippen molar-refractivity contribution in [2.45, 2.75) is 46.2 Å². The lowest BCUT2D eigenvalue weighted by atomic mass is 10.0. The fourth-order valence-electron chi connectivity index (χ4n) is 3.20. The molecule has 142 valence electrons. The average molecular weight is 359 g/mol. The second kappa shape index (κ2) is 10.1. The summed E-state index contributed by atoms with van der Waals surface area (Å²) in [5, 5.41) is 15.5. The van der Waals surface area contributed by atoms with Gasteiger partial charge in [-0.1, -0.05) is 19.9 Å². The van der Waals surface area contributed by atoms with Crippen molar-refractivity contribution in [1.82, 2.24) is 15.5 Å². The lowest BCUT2D eigenvalue weighted by Gasteiger charge is -2.34. The number of hydrogen-bond acceptors (Lipinski definition) is 3. The van der Waals surface area contributed by atoms with Crippen molar-refractivity contribution >= 4 is 5.96 Å². The maximum Gasteiger partial charge on any atom is 0.191 e. The summed E-state index contributed by atoms with van der Waals surface area (Å²) in [6.07, 6.45) is 2.17. The van der Waals surface area contributed by atoms with Gasteiger partial charge in [-0.15, -0.1) is 0 Å². The van der Waals surface area contributed by atoms with Crippen LogP contribution in [0.3, 0.4) is 0 Å². The summed E-state index contributed by atoms with van der Waals surface area (Å²) in [6, 6.07) is 6.85. The fraction of sp³-hybridized carbons (Fsp3) is 0.600. The smallest absolute Gasteiger partial charge is 0.191 e. The van der Waals surface area contributed by atoms with Gasteiger partial charge in [0.15, 0.2) is 5.96 Å². The monoisotopic (exact) mass is 359 g/mol. The first-order valence-electron chi connectivity index (χ1n) is 9.47. The lowest BCUT2D eigenvalue weighted by Crippen LogP contribution is -2.49. The quantitative estimate of drug-likeness (QED) is 0.606. The van der Waals surface area contributed by atoms with E-state index in [-0.39, 0.29) is 12.4 Å². The van der Waals surface area contributed by atoms with Crippen molar-refractivity contribution < 1.29 is 4.39 Å². The topological polar surface area (TPSA) is 63.5 Å². The number of likely N-dealkylation sites (tertiary alicyclic amines) is 1. The third kappa shape index (κ3) is 6.30. The number of hydrogen-bond donors (Lipinski definition) is 2. The summed E-state index contributed by atoms with van der Waals surface area (Å²) in [4.78, 5) is 7.03. The highest BCUT2D eigenvalue weighted by Crippen LogP contribution is 2.13. The third-order valence-corrected chi connectivity index (χ3v) is 4.49. The van der Waals surface area contributed by atoms with Crippen LogP contribution in [-0.4, -0.2) is 43.1 Å². The minimum atomic E-state index is -0.384. The number of guanidine groups is 1. The minimum absolute atomic E-state index is 0.249. The Kier molecular flexibility index (Phi) is 7.86. The van der Waals surface area contributed by atoms with Crippen LogP contribution in [-0.2, 0) is 6.54 Å². The standard InChI is InChI=1S/C20H30FN5/c1-4-23-20(24-13-17-6-5-16(12-22)11-19(17)21)25-18-7-9-26(10-8-18)14-15(2)3/h5-6,11,15,18H,4,7-10,13-14H2,1-3H3,(H2,23,24,25). The molecule has 0 bridgehead atoms. The maximum atomic E-state index is 14.0.